The van der Waals surface area contributed by atoms with E-state index in [1.807, 2.05) is 29.2 Å². The fourth-order valence-electron chi connectivity index (χ4n) is 3.38. The molecule has 1 aliphatic rings. The summed E-state index contributed by atoms with van der Waals surface area (Å²) in [4.78, 5) is 18.8. The van der Waals surface area contributed by atoms with Crippen LogP contribution in [0.15, 0.2) is 49.2 Å². The molecule has 0 bridgehead atoms. The maximum Gasteiger partial charge on any atom is 0.272 e. The number of allylic oxidation sites excluding steroid dienone is 1. The largest absolute Gasteiger partial charge is 0.497 e. The standard InChI is InChI=1S/C22H25N3O2/c1-15(17-4-7-20(27-3)8-5-17)18-10-12-25(13-11-18)22(26)21-9-6-19(14-24-21)16(2)23/h4-9,14,18,23H,1,10-13H2,2-3H3. The highest BCUT2D eigenvalue weighted by Gasteiger charge is 2.26. The third-order valence-electron chi connectivity index (χ3n) is 5.15. The third kappa shape index (κ3) is 4.25. The van der Waals surface area contributed by atoms with Crippen LogP contribution < -0.4 is 4.74 Å². The van der Waals surface area contributed by atoms with Crippen LogP contribution in [0.3, 0.4) is 0 Å². The summed E-state index contributed by atoms with van der Waals surface area (Å²) >= 11 is 0. The van der Waals surface area contributed by atoms with E-state index in [0.29, 0.717) is 30.4 Å². The molecule has 1 amide bonds. The Bertz CT molecular complexity index is 833. The Morgan fingerprint density at radius 2 is 1.78 bits per heavy atom. The Morgan fingerprint density at radius 1 is 1.15 bits per heavy atom. The van der Waals surface area contributed by atoms with Gasteiger partial charge in [0.15, 0.2) is 0 Å². The van der Waals surface area contributed by atoms with Crippen LogP contribution >= 0.6 is 0 Å². The fraction of sp³-hybridized carbons (Fsp3) is 0.318. The number of ether oxygens (including phenoxy) is 1. The Kier molecular flexibility index (Phi) is 5.69. The number of aromatic nitrogens is 1. The van der Waals surface area contributed by atoms with Crippen LogP contribution in [0.25, 0.3) is 5.57 Å². The molecule has 1 fully saturated rings. The molecule has 5 heteroatoms. The number of pyridine rings is 1. The van der Waals surface area contributed by atoms with Crippen molar-refractivity contribution in [1.29, 1.82) is 5.41 Å². The Labute approximate surface area is 160 Å². The van der Waals surface area contributed by atoms with Gasteiger partial charge in [0, 0.05) is 30.6 Å². The topological polar surface area (TPSA) is 66.3 Å². The summed E-state index contributed by atoms with van der Waals surface area (Å²) in [6.45, 7) is 7.39. The highest BCUT2D eigenvalue weighted by atomic mass is 16.5. The number of carbonyl (C=O) groups is 1. The van der Waals surface area contributed by atoms with Crippen molar-refractivity contribution in [3.05, 3.63) is 66.0 Å². The van der Waals surface area contributed by atoms with E-state index in [1.54, 1.807) is 32.4 Å². The lowest BCUT2D eigenvalue weighted by Crippen LogP contribution is -2.39. The van der Waals surface area contributed by atoms with Gasteiger partial charge in [0.25, 0.3) is 5.91 Å². The summed E-state index contributed by atoms with van der Waals surface area (Å²) < 4.78 is 5.21. The molecule has 1 saturated heterocycles. The Morgan fingerprint density at radius 3 is 2.30 bits per heavy atom. The van der Waals surface area contributed by atoms with E-state index in [0.717, 1.165) is 35.3 Å². The van der Waals surface area contributed by atoms with Gasteiger partial charge in [-0.3, -0.25) is 9.78 Å². The van der Waals surface area contributed by atoms with Crippen LogP contribution in [0.2, 0.25) is 0 Å². The molecule has 0 spiro atoms. The predicted octanol–water partition coefficient (Wildman–Crippen LogP) is 4.04. The second kappa shape index (κ2) is 8.16. The van der Waals surface area contributed by atoms with Crippen molar-refractivity contribution in [3.8, 4) is 5.75 Å². The van der Waals surface area contributed by atoms with Crippen molar-refractivity contribution in [2.45, 2.75) is 19.8 Å². The molecule has 27 heavy (non-hydrogen) atoms. The van der Waals surface area contributed by atoms with Gasteiger partial charge in [0.1, 0.15) is 11.4 Å². The van der Waals surface area contributed by atoms with E-state index in [2.05, 4.69) is 11.6 Å². The lowest BCUT2D eigenvalue weighted by Gasteiger charge is -2.33. The molecule has 5 nitrogen and oxygen atoms in total. The average Bonchev–Trinajstić information content (AvgIpc) is 2.73. The first-order valence-electron chi connectivity index (χ1n) is 9.13. The van der Waals surface area contributed by atoms with Crippen molar-refractivity contribution in [2.75, 3.05) is 20.2 Å². The van der Waals surface area contributed by atoms with E-state index in [4.69, 9.17) is 10.1 Å². The highest BCUT2D eigenvalue weighted by molar-refractivity contribution is 5.97. The number of amides is 1. The SMILES string of the molecule is C=C(c1ccc(OC)cc1)C1CCN(C(=O)c2ccc(C(C)=N)cn2)CC1. The van der Waals surface area contributed by atoms with Gasteiger partial charge in [-0.2, -0.15) is 0 Å². The minimum absolute atomic E-state index is 0.0438. The number of hydrogen-bond donors (Lipinski definition) is 1. The normalized spacial score (nSPS) is 14.7. The number of nitrogens with zero attached hydrogens (tertiary/aromatic N) is 2. The molecule has 1 N–H and O–H groups in total. The number of benzene rings is 1. The molecule has 2 heterocycles. The Balaban J connectivity index is 1.59. The van der Waals surface area contributed by atoms with Crippen LogP contribution in [0.1, 0.15) is 41.4 Å². The van der Waals surface area contributed by atoms with Gasteiger partial charge in [0.05, 0.1) is 7.11 Å². The number of nitrogens with one attached hydrogen (secondary N) is 1. The van der Waals surface area contributed by atoms with Crippen molar-refractivity contribution in [3.63, 3.8) is 0 Å². The molecule has 0 aliphatic carbocycles. The molecule has 1 aliphatic heterocycles. The van der Waals surface area contributed by atoms with Crippen LogP contribution in [0.5, 0.6) is 5.75 Å². The number of likely N-dealkylation sites (tertiary alicyclic amines) is 1. The second-order valence-electron chi connectivity index (χ2n) is 6.88. The molecule has 1 aromatic heterocycles. The van der Waals surface area contributed by atoms with Crippen molar-refractivity contribution in [2.24, 2.45) is 5.92 Å². The molecule has 0 radical (unpaired) electrons. The monoisotopic (exact) mass is 363 g/mol. The number of methoxy groups -OCH3 is 1. The van der Waals surface area contributed by atoms with Crippen molar-refractivity contribution < 1.29 is 9.53 Å². The summed E-state index contributed by atoms with van der Waals surface area (Å²) in [6, 6.07) is 11.5. The van der Waals surface area contributed by atoms with E-state index in [-0.39, 0.29) is 5.91 Å². The Hall–Kier alpha value is -2.95. The predicted molar refractivity (Wildman–Crippen MR) is 107 cm³/mol. The molecular weight excluding hydrogens is 338 g/mol. The van der Waals surface area contributed by atoms with E-state index >= 15 is 0 Å². The number of rotatable bonds is 5. The molecule has 2 aromatic rings. The average molecular weight is 363 g/mol. The van der Waals surface area contributed by atoms with Gasteiger partial charge in [-0.05, 0) is 61.1 Å². The van der Waals surface area contributed by atoms with Crippen molar-refractivity contribution in [1.82, 2.24) is 9.88 Å². The number of hydrogen-bond acceptors (Lipinski definition) is 4. The summed E-state index contributed by atoms with van der Waals surface area (Å²) in [6.07, 6.45) is 3.39. The zero-order chi connectivity index (χ0) is 19.4. The quantitative estimate of drug-likeness (QED) is 0.815. The lowest BCUT2D eigenvalue weighted by atomic mass is 9.86. The molecule has 0 unspecified atom stereocenters. The zero-order valence-corrected chi connectivity index (χ0v) is 15.9. The number of piperidine rings is 1. The van der Waals surface area contributed by atoms with Gasteiger partial charge in [-0.25, -0.2) is 0 Å². The van der Waals surface area contributed by atoms with Crippen LogP contribution in [0, 0.1) is 11.3 Å². The molecule has 3 rings (SSSR count). The lowest BCUT2D eigenvalue weighted by molar-refractivity contribution is 0.0702. The first-order valence-corrected chi connectivity index (χ1v) is 9.13. The zero-order valence-electron chi connectivity index (χ0n) is 15.9. The van der Waals surface area contributed by atoms with Crippen LogP contribution in [0.4, 0.5) is 0 Å². The van der Waals surface area contributed by atoms with Crippen LogP contribution in [-0.4, -0.2) is 41.7 Å². The fourth-order valence-corrected chi connectivity index (χ4v) is 3.38. The van der Waals surface area contributed by atoms with Gasteiger partial charge >= 0.3 is 0 Å². The molecular formula is C22H25N3O2. The molecule has 0 saturated carbocycles. The summed E-state index contributed by atoms with van der Waals surface area (Å²) in [5.74, 6) is 1.17. The third-order valence-corrected chi connectivity index (χ3v) is 5.15. The van der Waals surface area contributed by atoms with Crippen LogP contribution in [-0.2, 0) is 0 Å². The van der Waals surface area contributed by atoms with E-state index in [1.165, 1.54) is 0 Å². The smallest absolute Gasteiger partial charge is 0.272 e. The highest BCUT2D eigenvalue weighted by Crippen LogP contribution is 2.31. The molecule has 0 atom stereocenters. The first kappa shape index (κ1) is 18.8. The number of carbonyl (C=O) groups excluding carboxylic acids is 1. The minimum Gasteiger partial charge on any atom is -0.497 e. The second-order valence-corrected chi connectivity index (χ2v) is 6.88. The van der Waals surface area contributed by atoms with Gasteiger partial charge in [-0.1, -0.05) is 18.7 Å². The van der Waals surface area contributed by atoms with Gasteiger partial charge in [-0.15, -0.1) is 0 Å². The van der Waals surface area contributed by atoms with Gasteiger partial charge in [0.2, 0.25) is 0 Å². The summed E-state index contributed by atoms with van der Waals surface area (Å²) in [7, 11) is 1.66. The van der Waals surface area contributed by atoms with Crippen molar-refractivity contribution >= 4 is 17.2 Å². The first-order chi connectivity index (χ1) is 13.0. The summed E-state index contributed by atoms with van der Waals surface area (Å²) in [5.41, 5.74) is 3.86. The molecule has 1 aromatic carbocycles. The maximum absolute atomic E-state index is 12.7. The maximum atomic E-state index is 12.7. The van der Waals surface area contributed by atoms with Gasteiger partial charge < -0.3 is 15.0 Å². The minimum atomic E-state index is -0.0438. The van der Waals surface area contributed by atoms with E-state index in [9.17, 15) is 4.79 Å². The summed E-state index contributed by atoms with van der Waals surface area (Å²) in [5, 5.41) is 7.61. The molecule has 140 valence electrons. The van der Waals surface area contributed by atoms with E-state index < -0.39 is 0 Å².